The zero-order valence-electron chi connectivity index (χ0n) is 11.6. The van der Waals surface area contributed by atoms with E-state index < -0.39 is 51.7 Å². The molecule has 164 valence electrons. The Morgan fingerprint density at radius 3 is 1.41 bits per heavy atom. The second kappa shape index (κ2) is 7.47. The van der Waals surface area contributed by atoms with Gasteiger partial charge < -0.3 is 10.9 Å². The SMILES string of the molecule is N.O=S(=O)(O)C(F)(F)C(F)(F)OC(F)(C(F)(F)F)C(F)(F)OC(F)=C(F)F. The fourth-order valence-electron chi connectivity index (χ4n) is 0.885. The van der Waals surface area contributed by atoms with Crippen molar-refractivity contribution in [3.63, 3.8) is 0 Å². The topological polar surface area (TPSA) is 108 Å². The molecule has 0 spiro atoms. The molecule has 0 rings (SSSR count). The zero-order chi connectivity index (χ0) is 21.6. The minimum atomic E-state index is -7.53. The second-order valence-electron chi connectivity index (χ2n) is 3.86. The van der Waals surface area contributed by atoms with E-state index in [2.05, 4.69) is 0 Å². The molecule has 1 atom stereocenters. The fourth-order valence-corrected chi connectivity index (χ4v) is 1.23. The van der Waals surface area contributed by atoms with Crippen molar-refractivity contribution >= 4 is 10.1 Å². The van der Waals surface area contributed by atoms with Gasteiger partial charge >= 0.3 is 51.7 Å². The fraction of sp³-hybridized carbons (Fsp3) is 0.714. The quantitative estimate of drug-likeness (QED) is 0.336. The third-order valence-electron chi connectivity index (χ3n) is 2.04. The predicted molar refractivity (Wildman–Crippen MR) is 53.8 cm³/mol. The minimum Gasteiger partial charge on any atom is -0.398 e. The van der Waals surface area contributed by atoms with Crippen molar-refractivity contribution in [3.8, 4) is 0 Å². The lowest BCUT2D eigenvalue weighted by Crippen LogP contribution is -2.64. The van der Waals surface area contributed by atoms with Crippen molar-refractivity contribution in [2.24, 2.45) is 0 Å². The molecule has 0 aromatic rings. The van der Waals surface area contributed by atoms with Crippen LogP contribution in [0.3, 0.4) is 0 Å². The molecular formula is C7H4F13NO5S. The normalized spacial score (nSPS) is 16.2. The summed E-state index contributed by atoms with van der Waals surface area (Å²) in [5.74, 6) is -7.51. The van der Waals surface area contributed by atoms with Gasteiger partial charge in [0.15, 0.2) is 0 Å². The molecule has 0 radical (unpaired) electrons. The lowest BCUT2D eigenvalue weighted by molar-refractivity contribution is -0.510. The molecule has 20 heteroatoms. The van der Waals surface area contributed by atoms with Crippen LogP contribution in [0, 0.1) is 0 Å². The van der Waals surface area contributed by atoms with Gasteiger partial charge in [-0.25, -0.2) is 0 Å². The van der Waals surface area contributed by atoms with Crippen molar-refractivity contribution in [2.75, 3.05) is 0 Å². The van der Waals surface area contributed by atoms with Crippen molar-refractivity contribution in [1.29, 1.82) is 0 Å². The minimum absolute atomic E-state index is 0. The smallest absolute Gasteiger partial charge is 0.398 e. The van der Waals surface area contributed by atoms with Crippen molar-refractivity contribution in [3.05, 3.63) is 12.1 Å². The largest absolute Gasteiger partial charge is 0.471 e. The number of rotatable bonds is 7. The van der Waals surface area contributed by atoms with Crippen LogP contribution in [-0.4, -0.2) is 42.5 Å². The predicted octanol–water partition coefficient (Wildman–Crippen LogP) is 4.11. The molecule has 0 amide bonds. The average molecular weight is 461 g/mol. The molecular weight excluding hydrogens is 457 g/mol. The highest BCUT2D eigenvalue weighted by molar-refractivity contribution is 7.86. The first-order valence-electron chi connectivity index (χ1n) is 4.99. The molecule has 0 aromatic carbocycles. The summed E-state index contributed by atoms with van der Waals surface area (Å²) in [6.45, 7) is 0. The van der Waals surface area contributed by atoms with E-state index in [4.69, 9.17) is 4.55 Å². The highest BCUT2D eigenvalue weighted by Crippen LogP contribution is 2.53. The van der Waals surface area contributed by atoms with Crippen LogP contribution in [0.15, 0.2) is 12.1 Å². The number of hydrogen-bond acceptors (Lipinski definition) is 5. The molecule has 0 aliphatic heterocycles. The number of hydrogen-bond donors (Lipinski definition) is 2. The van der Waals surface area contributed by atoms with Crippen LogP contribution >= 0.6 is 0 Å². The molecule has 0 heterocycles. The molecule has 0 aliphatic carbocycles. The summed E-state index contributed by atoms with van der Waals surface area (Å²) in [6, 6.07) is -3.95. The van der Waals surface area contributed by atoms with E-state index in [0.717, 1.165) is 0 Å². The molecule has 0 bridgehead atoms. The molecule has 0 fully saturated rings. The van der Waals surface area contributed by atoms with Crippen molar-refractivity contribution in [1.82, 2.24) is 6.15 Å². The van der Waals surface area contributed by atoms with Gasteiger partial charge in [-0.1, -0.05) is 0 Å². The molecule has 1 unspecified atom stereocenters. The Balaban J connectivity index is 0. The summed E-state index contributed by atoms with van der Waals surface area (Å²) < 4.78 is 194. The molecule has 4 N–H and O–H groups in total. The van der Waals surface area contributed by atoms with E-state index >= 15 is 0 Å². The van der Waals surface area contributed by atoms with Crippen LogP contribution in [0.4, 0.5) is 57.1 Å². The van der Waals surface area contributed by atoms with Crippen LogP contribution in [0.5, 0.6) is 0 Å². The Labute approximate surface area is 138 Å². The third kappa shape index (κ3) is 5.04. The Hall–Kier alpha value is -1.54. The Morgan fingerprint density at radius 2 is 1.15 bits per heavy atom. The van der Waals surface area contributed by atoms with E-state index in [0.29, 0.717) is 0 Å². The zero-order valence-corrected chi connectivity index (χ0v) is 12.4. The third-order valence-corrected chi connectivity index (χ3v) is 2.92. The van der Waals surface area contributed by atoms with E-state index in [-0.39, 0.29) is 6.15 Å². The maximum Gasteiger partial charge on any atom is 0.471 e. The number of halogens is 13. The van der Waals surface area contributed by atoms with Gasteiger partial charge in [-0.05, 0) is 0 Å². The van der Waals surface area contributed by atoms with E-state index in [1.165, 1.54) is 4.74 Å². The van der Waals surface area contributed by atoms with Gasteiger partial charge in [0.2, 0.25) is 0 Å². The maximum absolute atomic E-state index is 13.4. The Bertz CT molecular complexity index is 669. The van der Waals surface area contributed by atoms with Crippen molar-refractivity contribution in [2.45, 2.75) is 29.5 Å². The average Bonchev–Trinajstić information content (AvgIpc) is 2.34. The summed E-state index contributed by atoms with van der Waals surface area (Å²) in [4.78, 5) is 0. The standard InChI is InChI=1S/C7HF13O5S.H3N/c8-1(9)2(10)24-5(15,16)3(11,4(12,13)14)25-6(17,18)7(19,20)26(21,22)23;/h(H,21,22,23);1H3. The molecule has 0 saturated carbocycles. The highest BCUT2D eigenvalue weighted by atomic mass is 32.2. The molecule has 0 aliphatic rings. The Kier molecular flexibility index (Phi) is 7.65. The molecule has 6 nitrogen and oxygen atoms in total. The summed E-state index contributed by atoms with van der Waals surface area (Å²) in [5, 5.41) is -7.15. The van der Waals surface area contributed by atoms with Crippen LogP contribution in [0.1, 0.15) is 0 Å². The van der Waals surface area contributed by atoms with Crippen molar-refractivity contribution < 1.29 is 79.5 Å². The highest BCUT2D eigenvalue weighted by Gasteiger charge is 2.82. The number of ether oxygens (including phenoxy) is 2. The lowest BCUT2D eigenvalue weighted by Gasteiger charge is -2.36. The monoisotopic (exact) mass is 461 g/mol. The van der Waals surface area contributed by atoms with Gasteiger partial charge in [-0.3, -0.25) is 9.29 Å². The first-order valence-corrected chi connectivity index (χ1v) is 6.43. The summed E-state index contributed by atoms with van der Waals surface area (Å²) >= 11 is 0. The molecule has 0 aromatic heterocycles. The van der Waals surface area contributed by atoms with E-state index in [1.807, 2.05) is 4.74 Å². The summed E-state index contributed by atoms with van der Waals surface area (Å²) in [6.07, 6.45) is -26.1. The van der Waals surface area contributed by atoms with Crippen LogP contribution < -0.4 is 6.15 Å². The summed E-state index contributed by atoms with van der Waals surface area (Å²) in [5.41, 5.74) is 0. The van der Waals surface area contributed by atoms with Gasteiger partial charge in [0.1, 0.15) is 0 Å². The van der Waals surface area contributed by atoms with Gasteiger partial charge in [0, 0.05) is 0 Å². The van der Waals surface area contributed by atoms with Gasteiger partial charge in [-0.2, -0.15) is 65.5 Å². The van der Waals surface area contributed by atoms with Crippen LogP contribution in [0.2, 0.25) is 0 Å². The summed E-state index contributed by atoms with van der Waals surface area (Å²) in [7, 11) is -7.39. The second-order valence-corrected chi connectivity index (χ2v) is 5.32. The Morgan fingerprint density at radius 1 is 0.778 bits per heavy atom. The lowest BCUT2D eigenvalue weighted by atomic mass is 10.2. The molecule has 27 heavy (non-hydrogen) atoms. The first-order chi connectivity index (χ1) is 11.0. The van der Waals surface area contributed by atoms with Gasteiger partial charge in [0.05, 0.1) is 0 Å². The van der Waals surface area contributed by atoms with E-state index in [1.54, 1.807) is 0 Å². The molecule has 0 saturated heterocycles. The van der Waals surface area contributed by atoms with Gasteiger partial charge in [-0.15, -0.1) is 0 Å². The van der Waals surface area contributed by atoms with Crippen LogP contribution in [-0.2, 0) is 19.6 Å². The van der Waals surface area contributed by atoms with E-state index in [9.17, 15) is 65.5 Å². The maximum atomic E-state index is 13.4. The van der Waals surface area contributed by atoms with Gasteiger partial charge in [0.25, 0.3) is 0 Å². The number of alkyl halides is 10. The first kappa shape index (κ1) is 27.7. The van der Waals surface area contributed by atoms with Crippen LogP contribution in [0.25, 0.3) is 0 Å².